The molecule has 4 N–H and O–H groups in total. The lowest BCUT2D eigenvalue weighted by atomic mass is 9.99. The summed E-state index contributed by atoms with van der Waals surface area (Å²) >= 11 is 4.61. The molecular weight excluding hydrogens is 478 g/mol. The molecule has 0 radical (unpaired) electrons. The van der Waals surface area contributed by atoms with Crippen LogP contribution in [0.4, 0.5) is 11.4 Å². The van der Waals surface area contributed by atoms with Crippen LogP contribution in [0, 0.1) is 6.92 Å². The lowest BCUT2D eigenvalue weighted by Crippen LogP contribution is -2.11. The Labute approximate surface area is 191 Å². The summed E-state index contributed by atoms with van der Waals surface area (Å²) in [5, 5.41) is 14.4. The van der Waals surface area contributed by atoms with Crippen molar-refractivity contribution in [1.82, 2.24) is 4.98 Å². The number of thiophene rings is 1. The van der Waals surface area contributed by atoms with E-state index in [1.807, 2.05) is 25.1 Å². The number of nitrogens with zero attached hydrogens (tertiary/aromatic N) is 1. The summed E-state index contributed by atoms with van der Waals surface area (Å²) in [4.78, 5) is 18.4. The molecule has 0 bridgehead atoms. The second kappa shape index (κ2) is 8.66. The minimum absolute atomic E-state index is 0.294. The first kappa shape index (κ1) is 21.3. The van der Waals surface area contributed by atoms with Crippen molar-refractivity contribution >= 4 is 54.8 Å². The van der Waals surface area contributed by atoms with Crippen molar-refractivity contribution < 1.29 is 14.6 Å². The van der Waals surface area contributed by atoms with Gasteiger partial charge in [0, 0.05) is 26.8 Å². The minimum atomic E-state index is -0.873. The molecule has 0 aliphatic rings. The quantitative estimate of drug-likeness (QED) is 0.347. The SMILES string of the molecule is COc1ccc(C(O)c2cc3c(N)c(C(=O)Nc4ccc(Br)cc4)sc3nc2C)cc1. The van der Waals surface area contributed by atoms with Crippen LogP contribution in [0.3, 0.4) is 0 Å². The molecule has 6 nitrogen and oxygen atoms in total. The molecule has 1 atom stereocenters. The zero-order valence-electron chi connectivity index (χ0n) is 16.8. The predicted octanol–water partition coefficient (Wildman–Crippen LogP) is 5.29. The number of ether oxygens (including phenoxy) is 1. The van der Waals surface area contributed by atoms with E-state index in [1.54, 1.807) is 43.5 Å². The normalized spacial score (nSPS) is 12.0. The fourth-order valence-corrected chi connectivity index (χ4v) is 4.56. The van der Waals surface area contributed by atoms with E-state index in [4.69, 9.17) is 10.5 Å². The molecule has 2 heterocycles. The summed E-state index contributed by atoms with van der Waals surface area (Å²) in [6.07, 6.45) is -0.873. The number of hydrogen-bond donors (Lipinski definition) is 3. The molecule has 0 spiro atoms. The summed E-state index contributed by atoms with van der Waals surface area (Å²) < 4.78 is 6.10. The van der Waals surface area contributed by atoms with Crippen LogP contribution >= 0.6 is 27.3 Å². The van der Waals surface area contributed by atoms with E-state index in [0.29, 0.717) is 49.0 Å². The molecule has 1 amide bonds. The molecule has 31 heavy (non-hydrogen) atoms. The van der Waals surface area contributed by atoms with E-state index in [1.165, 1.54) is 11.3 Å². The van der Waals surface area contributed by atoms with E-state index >= 15 is 0 Å². The molecule has 2 aromatic heterocycles. The molecule has 2 aromatic carbocycles. The number of fused-ring (bicyclic) bond motifs is 1. The molecule has 0 saturated carbocycles. The maximum Gasteiger partial charge on any atom is 0.267 e. The van der Waals surface area contributed by atoms with Gasteiger partial charge in [0.1, 0.15) is 21.6 Å². The number of nitrogen functional groups attached to an aromatic ring is 1. The highest BCUT2D eigenvalue weighted by atomic mass is 79.9. The Morgan fingerprint density at radius 2 is 1.87 bits per heavy atom. The molecule has 0 saturated heterocycles. The van der Waals surface area contributed by atoms with Gasteiger partial charge in [0.05, 0.1) is 12.8 Å². The van der Waals surface area contributed by atoms with Crippen LogP contribution in [0.2, 0.25) is 0 Å². The number of nitrogens with one attached hydrogen (secondary N) is 1. The smallest absolute Gasteiger partial charge is 0.267 e. The van der Waals surface area contributed by atoms with Crippen molar-refractivity contribution in [3.63, 3.8) is 0 Å². The maximum atomic E-state index is 12.8. The standard InChI is InChI=1S/C23H20BrN3O3S/c1-12-17(20(28)13-3-9-16(30-2)10-4-13)11-18-19(25)21(31-23(18)26-12)22(29)27-15-7-5-14(24)6-8-15/h3-11,20,28H,25H2,1-2H3,(H,27,29). The lowest BCUT2D eigenvalue weighted by Gasteiger charge is -2.14. The fraction of sp³-hybridized carbons (Fsp3) is 0.130. The number of hydrogen-bond acceptors (Lipinski definition) is 6. The van der Waals surface area contributed by atoms with E-state index in [-0.39, 0.29) is 5.91 Å². The van der Waals surface area contributed by atoms with Crippen LogP contribution in [-0.4, -0.2) is 23.1 Å². The Hall–Kier alpha value is -2.94. The molecule has 4 aromatic rings. The molecule has 0 aliphatic carbocycles. The Morgan fingerprint density at radius 3 is 2.52 bits per heavy atom. The van der Waals surface area contributed by atoms with Crippen LogP contribution in [0.25, 0.3) is 10.2 Å². The van der Waals surface area contributed by atoms with Crippen molar-refractivity contribution in [2.75, 3.05) is 18.2 Å². The maximum absolute atomic E-state index is 12.8. The van der Waals surface area contributed by atoms with Gasteiger partial charge in [-0.2, -0.15) is 0 Å². The van der Waals surface area contributed by atoms with Gasteiger partial charge in [-0.15, -0.1) is 11.3 Å². The van der Waals surface area contributed by atoms with E-state index in [0.717, 1.165) is 4.47 Å². The van der Waals surface area contributed by atoms with Crippen LogP contribution in [0.1, 0.15) is 32.6 Å². The number of anilines is 2. The molecule has 0 aliphatic heterocycles. The molecule has 0 fully saturated rings. The second-order valence-corrected chi connectivity index (χ2v) is 8.91. The van der Waals surface area contributed by atoms with Gasteiger partial charge in [-0.1, -0.05) is 28.1 Å². The van der Waals surface area contributed by atoms with Gasteiger partial charge in [0.25, 0.3) is 5.91 Å². The number of nitrogens with two attached hydrogens (primary N) is 1. The van der Waals surface area contributed by atoms with Crippen LogP contribution in [-0.2, 0) is 0 Å². The van der Waals surface area contributed by atoms with Crippen molar-refractivity contribution in [2.24, 2.45) is 0 Å². The fourth-order valence-electron chi connectivity index (χ4n) is 3.28. The van der Waals surface area contributed by atoms with Crippen molar-refractivity contribution in [2.45, 2.75) is 13.0 Å². The van der Waals surface area contributed by atoms with E-state index in [2.05, 4.69) is 26.2 Å². The van der Waals surface area contributed by atoms with E-state index < -0.39 is 6.10 Å². The number of rotatable bonds is 5. The highest BCUT2D eigenvalue weighted by Gasteiger charge is 2.21. The van der Waals surface area contributed by atoms with Gasteiger partial charge >= 0.3 is 0 Å². The van der Waals surface area contributed by atoms with Crippen molar-refractivity contribution in [3.8, 4) is 5.75 Å². The third-order valence-electron chi connectivity index (χ3n) is 4.99. The zero-order valence-corrected chi connectivity index (χ0v) is 19.3. The Morgan fingerprint density at radius 1 is 1.19 bits per heavy atom. The lowest BCUT2D eigenvalue weighted by molar-refractivity contribution is 0.103. The monoisotopic (exact) mass is 497 g/mol. The highest BCUT2D eigenvalue weighted by Crippen LogP contribution is 2.36. The third kappa shape index (κ3) is 4.27. The first-order chi connectivity index (χ1) is 14.9. The summed E-state index contributed by atoms with van der Waals surface area (Å²) in [6, 6.07) is 16.3. The van der Waals surface area contributed by atoms with Gasteiger partial charge in [-0.3, -0.25) is 4.79 Å². The summed E-state index contributed by atoms with van der Waals surface area (Å²) in [6.45, 7) is 1.83. The van der Waals surface area contributed by atoms with Gasteiger partial charge < -0.3 is 20.9 Å². The first-order valence-electron chi connectivity index (χ1n) is 9.46. The number of carbonyl (C=O) groups is 1. The Balaban J connectivity index is 1.67. The number of carbonyl (C=O) groups excluding carboxylic acids is 1. The number of benzene rings is 2. The number of methoxy groups -OCH3 is 1. The Kier molecular flexibility index (Phi) is 5.95. The number of aliphatic hydroxyl groups excluding tert-OH is 1. The molecular formula is C23H20BrN3O3S. The summed E-state index contributed by atoms with van der Waals surface area (Å²) in [7, 11) is 1.59. The average molecular weight is 498 g/mol. The number of aliphatic hydroxyl groups is 1. The second-order valence-electron chi connectivity index (χ2n) is 7.00. The Bertz CT molecular complexity index is 1250. The van der Waals surface area contributed by atoms with E-state index in [9.17, 15) is 9.90 Å². The summed E-state index contributed by atoms with van der Waals surface area (Å²) in [5.74, 6) is 0.419. The minimum Gasteiger partial charge on any atom is -0.497 e. The summed E-state index contributed by atoms with van der Waals surface area (Å²) in [5.41, 5.74) is 9.37. The third-order valence-corrected chi connectivity index (χ3v) is 6.63. The van der Waals surface area contributed by atoms with Crippen LogP contribution in [0.5, 0.6) is 5.75 Å². The highest BCUT2D eigenvalue weighted by molar-refractivity contribution is 9.10. The zero-order chi connectivity index (χ0) is 22.1. The number of aryl methyl sites for hydroxylation is 1. The average Bonchev–Trinajstić information content (AvgIpc) is 3.09. The van der Waals surface area contributed by atoms with Gasteiger partial charge in [0.2, 0.25) is 0 Å². The first-order valence-corrected chi connectivity index (χ1v) is 11.1. The number of pyridine rings is 1. The molecule has 158 valence electrons. The predicted molar refractivity (Wildman–Crippen MR) is 128 cm³/mol. The van der Waals surface area contributed by atoms with Crippen molar-refractivity contribution in [1.29, 1.82) is 0 Å². The van der Waals surface area contributed by atoms with Crippen molar-refractivity contribution in [3.05, 3.63) is 80.8 Å². The topological polar surface area (TPSA) is 97.5 Å². The molecule has 4 rings (SSSR count). The van der Waals surface area contributed by atoms with Gasteiger partial charge in [0.15, 0.2) is 0 Å². The van der Waals surface area contributed by atoms with Gasteiger partial charge in [-0.25, -0.2) is 4.98 Å². The number of aromatic nitrogens is 1. The van der Waals surface area contributed by atoms with Crippen LogP contribution < -0.4 is 15.8 Å². The largest absolute Gasteiger partial charge is 0.497 e. The molecule has 1 unspecified atom stereocenters. The number of halogens is 1. The van der Waals surface area contributed by atoms with Crippen LogP contribution in [0.15, 0.2) is 59.1 Å². The number of amides is 1. The van der Waals surface area contributed by atoms with Gasteiger partial charge in [-0.05, 0) is 55.0 Å². The molecule has 8 heteroatoms.